The summed E-state index contributed by atoms with van der Waals surface area (Å²) in [6.45, 7) is 0.650. The topological polar surface area (TPSA) is 121 Å². The molecule has 180 valence electrons. The molecule has 3 heterocycles. The lowest BCUT2D eigenvalue weighted by atomic mass is 9.88. The van der Waals surface area contributed by atoms with Crippen LogP contribution in [0.25, 0.3) is 21.9 Å². The predicted octanol–water partition coefficient (Wildman–Crippen LogP) is 3.69. The number of rotatable bonds is 6. The van der Waals surface area contributed by atoms with E-state index in [0.717, 1.165) is 22.5 Å². The molecule has 1 aliphatic heterocycles. The van der Waals surface area contributed by atoms with E-state index in [1.807, 2.05) is 26.0 Å². The minimum absolute atomic E-state index is 0.109. The summed E-state index contributed by atoms with van der Waals surface area (Å²) in [4.78, 5) is 25.2. The van der Waals surface area contributed by atoms with Crippen LogP contribution in [0.5, 0.6) is 11.6 Å². The van der Waals surface area contributed by atoms with Crippen molar-refractivity contribution in [3.8, 4) is 22.8 Å². The standard InChI is InChI=1S/C24H21F2N5O4/c1-12-19(13(2)30-29-12)14-3-6-16(7-4-14)24(21(33)27-23(34)28-24)11-31-10-15-5-8-17(35-22(25)26)9-18(15)20(31)32/h3-10,22,32H,11H2,1-2H3,(H,29,30)(H2,27,28,33,34)/t24-/m0/s1. The lowest BCUT2D eigenvalue weighted by Gasteiger charge is -2.27. The van der Waals surface area contributed by atoms with Gasteiger partial charge in [0.2, 0.25) is 0 Å². The first kappa shape index (κ1) is 22.4. The van der Waals surface area contributed by atoms with E-state index in [1.54, 1.807) is 18.3 Å². The highest BCUT2D eigenvalue weighted by atomic mass is 19.3. The molecule has 2 aromatic heterocycles. The van der Waals surface area contributed by atoms with Crippen molar-refractivity contribution in [3.63, 3.8) is 0 Å². The summed E-state index contributed by atoms with van der Waals surface area (Å²) < 4.78 is 31.0. The number of carbonyl (C=O) groups is 2. The van der Waals surface area contributed by atoms with Crippen LogP contribution in [0, 0.1) is 13.8 Å². The number of aromatic nitrogens is 3. The molecule has 1 aliphatic rings. The number of aromatic amines is 1. The van der Waals surface area contributed by atoms with Gasteiger partial charge >= 0.3 is 12.6 Å². The number of H-pyrrole nitrogens is 1. The van der Waals surface area contributed by atoms with Crippen LogP contribution in [0.4, 0.5) is 13.6 Å². The van der Waals surface area contributed by atoms with E-state index >= 15 is 0 Å². The first-order chi connectivity index (χ1) is 16.7. The van der Waals surface area contributed by atoms with Crippen molar-refractivity contribution in [3.05, 3.63) is 65.6 Å². The van der Waals surface area contributed by atoms with E-state index in [9.17, 15) is 23.5 Å². The van der Waals surface area contributed by atoms with Crippen LogP contribution in [0.3, 0.4) is 0 Å². The van der Waals surface area contributed by atoms with Gasteiger partial charge in [0.05, 0.1) is 12.2 Å². The Hall–Kier alpha value is -4.41. The van der Waals surface area contributed by atoms with Gasteiger partial charge in [0.15, 0.2) is 11.4 Å². The second kappa shape index (κ2) is 8.12. The van der Waals surface area contributed by atoms with E-state index in [4.69, 9.17) is 0 Å². The Morgan fingerprint density at radius 3 is 2.49 bits per heavy atom. The highest BCUT2D eigenvalue weighted by Crippen LogP contribution is 2.36. The summed E-state index contributed by atoms with van der Waals surface area (Å²) >= 11 is 0. The molecule has 3 amide bonds. The quantitative estimate of drug-likeness (QED) is 0.313. The number of halogens is 2. The van der Waals surface area contributed by atoms with Gasteiger partial charge in [-0.05, 0) is 43.2 Å². The van der Waals surface area contributed by atoms with Gasteiger partial charge in [-0.3, -0.25) is 15.2 Å². The van der Waals surface area contributed by atoms with Crippen molar-refractivity contribution in [2.45, 2.75) is 32.5 Å². The van der Waals surface area contributed by atoms with E-state index in [1.165, 1.54) is 22.8 Å². The van der Waals surface area contributed by atoms with Crippen LogP contribution in [0.15, 0.2) is 48.7 Å². The molecule has 0 saturated carbocycles. The number of ether oxygens (including phenoxy) is 1. The zero-order valence-corrected chi connectivity index (χ0v) is 18.7. The molecule has 1 atom stereocenters. The highest BCUT2D eigenvalue weighted by Gasteiger charge is 2.48. The van der Waals surface area contributed by atoms with Crippen LogP contribution in [-0.2, 0) is 16.9 Å². The number of nitrogens with one attached hydrogen (secondary N) is 3. The maximum Gasteiger partial charge on any atom is 0.387 e. The van der Waals surface area contributed by atoms with Crippen molar-refractivity contribution in [1.82, 2.24) is 25.4 Å². The number of carbonyl (C=O) groups excluding carboxylic acids is 2. The second-order valence-corrected chi connectivity index (χ2v) is 8.41. The van der Waals surface area contributed by atoms with Gasteiger partial charge in [0, 0.05) is 28.2 Å². The molecule has 4 N–H and O–H groups in total. The monoisotopic (exact) mass is 481 g/mol. The molecule has 0 radical (unpaired) electrons. The van der Waals surface area contributed by atoms with Gasteiger partial charge in [0.25, 0.3) is 5.91 Å². The molecule has 5 rings (SSSR count). The molecule has 0 unspecified atom stereocenters. The third kappa shape index (κ3) is 3.74. The molecule has 1 saturated heterocycles. The number of benzene rings is 2. The van der Waals surface area contributed by atoms with Crippen LogP contribution in [0.1, 0.15) is 17.0 Å². The zero-order chi connectivity index (χ0) is 24.9. The Morgan fingerprint density at radius 1 is 1.14 bits per heavy atom. The van der Waals surface area contributed by atoms with Crippen LogP contribution >= 0.6 is 0 Å². The van der Waals surface area contributed by atoms with E-state index < -0.39 is 24.1 Å². The zero-order valence-electron chi connectivity index (χ0n) is 18.7. The number of hydrogen-bond acceptors (Lipinski definition) is 5. The summed E-state index contributed by atoms with van der Waals surface area (Å²) in [6, 6.07) is 10.6. The normalized spacial score (nSPS) is 17.7. The van der Waals surface area contributed by atoms with E-state index in [-0.39, 0.29) is 23.6 Å². The first-order valence-corrected chi connectivity index (χ1v) is 10.7. The van der Waals surface area contributed by atoms with Gasteiger partial charge < -0.3 is 19.7 Å². The number of hydrogen-bond donors (Lipinski definition) is 4. The largest absolute Gasteiger partial charge is 0.494 e. The van der Waals surface area contributed by atoms with Crippen molar-refractivity contribution in [2.75, 3.05) is 0 Å². The molecule has 35 heavy (non-hydrogen) atoms. The maximum atomic E-state index is 13.0. The predicted molar refractivity (Wildman–Crippen MR) is 122 cm³/mol. The molecular weight excluding hydrogens is 460 g/mol. The van der Waals surface area contributed by atoms with Gasteiger partial charge in [0.1, 0.15) is 5.75 Å². The molecule has 2 aromatic carbocycles. The average molecular weight is 481 g/mol. The van der Waals surface area contributed by atoms with Crippen molar-refractivity contribution >= 4 is 22.7 Å². The fourth-order valence-electron chi connectivity index (χ4n) is 4.57. The average Bonchev–Trinajstić information content (AvgIpc) is 3.41. The molecule has 11 heteroatoms. The third-order valence-corrected chi connectivity index (χ3v) is 6.20. The van der Waals surface area contributed by atoms with Gasteiger partial charge in [-0.1, -0.05) is 24.3 Å². The molecule has 0 bridgehead atoms. The lowest BCUT2D eigenvalue weighted by molar-refractivity contribution is -0.124. The SMILES string of the molecule is Cc1n[nH]c(C)c1-c1ccc([C@]2(Cn3cc4ccc(OC(F)F)cc4c3O)NC(=O)NC2=O)cc1. The Labute approximate surface area is 197 Å². The minimum Gasteiger partial charge on any atom is -0.494 e. The summed E-state index contributed by atoms with van der Waals surface area (Å²) in [5.74, 6) is -0.943. The molecule has 0 spiro atoms. The van der Waals surface area contributed by atoms with E-state index in [0.29, 0.717) is 10.9 Å². The number of urea groups is 1. The second-order valence-electron chi connectivity index (χ2n) is 8.41. The van der Waals surface area contributed by atoms with Crippen LogP contribution in [0.2, 0.25) is 0 Å². The maximum absolute atomic E-state index is 13.0. The van der Waals surface area contributed by atoms with E-state index in [2.05, 4.69) is 25.6 Å². The van der Waals surface area contributed by atoms with Crippen LogP contribution < -0.4 is 15.4 Å². The number of nitrogens with zero attached hydrogens (tertiary/aromatic N) is 2. The van der Waals surface area contributed by atoms with Gasteiger partial charge in [-0.25, -0.2) is 4.79 Å². The molecule has 0 aliphatic carbocycles. The number of amides is 3. The number of imide groups is 1. The summed E-state index contributed by atoms with van der Waals surface area (Å²) in [5, 5.41) is 23.7. The number of alkyl halides is 2. The Balaban J connectivity index is 1.55. The number of aromatic hydroxyl groups is 1. The third-order valence-electron chi connectivity index (χ3n) is 6.20. The first-order valence-electron chi connectivity index (χ1n) is 10.7. The summed E-state index contributed by atoms with van der Waals surface area (Å²) in [6.07, 6.45) is 1.57. The smallest absolute Gasteiger partial charge is 0.387 e. The van der Waals surface area contributed by atoms with Crippen molar-refractivity contribution in [2.24, 2.45) is 0 Å². The minimum atomic E-state index is -3.00. The Morgan fingerprint density at radius 2 is 1.89 bits per heavy atom. The fraction of sp³-hybridized carbons (Fsp3) is 0.208. The molecular formula is C24H21F2N5O4. The summed E-state index contributed by atoms with van der Waals surface area (Å²) in [7, 11) is 0. The summed E-state index contributed by atoms with van der Waals surface area (Å²) in [5.41, 5.74) is 2.56. The molecule has 1 fully saturated rings. The highest BCUT2D eigenvalue weighted by molar-refractivity contribution is 6.07. The fourth-order valence-corrected chi connectivity index (χ4v) is 4.57. The Bertz CT molecular complexity index is 1440. The van der Waals surface area contributed by atoms with Crippen molar-refractivity contribution in [1.29, 1.82) is 0 Å². The lowest BCUT2D eigenvalue weighted by Crippen LogP contribution is -2.47. The van der Waals surface area contributed by atoms with Crippen molar-refractivity contribution < 1.29 is 28.2 Å². The van der Waals surface area contributed by atoms with Crippen LogP contribution in [-0.4, -0.2) is 38.4 Å². The number of fused-ring (bicyclic) bond motifs is 1. The molecule has 9 nitrogen and oxygen atoms in total. The molecule has 4 aromatic rings. The Kier molecular flexibility index (Phi) is 5.19. The van der Waals surface area contributed by atoms with Gasteiger partial charge in [-0.2, -0.15) is 13.9 Å². The van der Waals surface area contributed by atoms with Gasteiger partial charge in [-0.15, -0.1) is 0 Å². The number of aryl methyl sites for hydroxylation is 2.